The van der Waals surface area contributed by atoms with Gasteiger partial charge in [-0.15, -0.1) is 11.8 Å². The van der Waals surface area contributed by atoms with Crippen molar-refractivity contribution in [3.05, 3.63) is 29.3 Å². The molecule has 0 aromatic heterocycles. The topological polar surface area (TPSA) is 52.3 Å². The van der Waals surface area contributed by atoms with Gasteiger partial charge < -0.3 is 10.5 Å². The molecular weight excluding hydrogens is 258 g/mol. The fourth-order valence-electron chi connectivity index (χ4n) is 2.01. The number of hydrogen-bond donors (Lipinski definition) is 1. The van der Waals surface area contributed by atoms with Gasteiger partial charge in [-0.2, -0.15) is 0 Å². The van der Waals surface area contributed by atoms with Gasteiger partial charge in [-0.25, -0.2) is 0 Å². The van der Waals surface area contributed by atoms with Crippen LogP contribution in [0.5, 0.6) is 0 Å². The van der Waals surface area contributed by atoms with E-state index in [0.717, 1.165) is 0 Å². The Kier molecular flexibility index (Phi) is 5.44. The molecule has 0 radical (unpaired) electrons. The van der Waals surface area contributed by atoms with Crippen molar-refractivity contribution in [3.63, 3.8) is 0 Å². The van der Waals surface area contributed by atoms with Crippen molar-refractivity contribution in [2.45, 2.75) is 49.8 Å². The van der Waals surface area contributed by atoms with Crippen LogP contribution in [0.4, 0.5) is 0 Å². The second-order valence-corrected chi connectivity index (χ2v) is 6.79. The van der Waals surface area contributed by atoms with Crippen LogP contribution in [0.15, 0.2) is 23.1 Å². The lowest BCUT2D eigenvalue weighted by Crippen LogP contribution is -2.47. The zero-order valence-electron chi connectivity index (χ0n) is 12.3. The van der Waals surface area contributed by atoms with Crippen LogP contribution in [0.25, 0.3) is 0 Å². The van der Waals surface area contributed by atoms with Crippen LogP contribution in [0.3, 0.4) is 0 Å². The molecule has 0 amide bonds. The van der Waals surface area contributed by atoms with E-state index in [1.807, 2.05) is 0 Å². The summed E-state index contributed by atoms with van der Waals surface area (Å²) in [5, 5.41) is 0.245. The molecule has 0 aliphatic carbocycles. The van der Waals surface area contributed by atoms with Gasteiger partial charge in [-0.3, -0.25) is 4.79 Å². The summed E-state index contributed by atoms with van der Waals surface area (Å²) in [5.41, 5.74) is 7.56. The molecule has 19 heavy (non-hydrogen) atoms. The lowest BCUT2D eigenvalue weighted by atomic mass is 9.98. The monoisotopic (exact) mass is 281 g/mol. The zero-order chi connectivity index (χ0) is 14.6. The Morgan fingerprint density at radius 2 is 2.11 bits per heavy atom. The average Bonchev–Trinajstić information content (AvgIpc) is 2.32. The summed E-state index contributed by atoms with van der Waals surface area (Å²) in [6.45, 7) is 7.98. The second-order valence-electron chi connectivity index (χ2n) is 5.31. The Labute approximate surface area is 119 Å². The average molecular weight is 281 g/mol. The molecule has 0 aliphatic heterocycles. The third-order valence-corrected chi connectivity index (χ3v) is 4.30. The van der Waals surface area contributed by atoms with Crippen LogP contribution >= 0.6 is 11.8 Å². The maximum Gasteiger partial charge on any atom is 0.325 e. The molecule has 2 N–H and O–H groups in total. The van der Waals surface area contributed by atoms with Crippen molar-refractivity contribution in [2.24, 2.45) is 5.73 Å². The first-order valence-corrected chi connectivity index (χ1v) is 7.25. The summed E-state index contributed by atoms with van der Waals surface area (Å²) in [6.07, 6.45) is 0.581. The van der Waals surface area contributed by atoms with Crippen LogP contribution < -0.4 is 5.73 Å². The van der Waals surface area contributed by atoms with E-state index in [1.54, 1.807) is 18.7 Å². The minimum Gasteiger partial charge on any atom is -0.468 e. The third kappa shape index (κ3) is 4.55. The van der Waals surface area contributed by atoms with Crippen LogP contribution in [0, 0.1) is 13.8 Å². The Balaban J connectivity index is 2.72. The molecule has 2 unspecified atom stereocenters. The predicted molar refractivity (Wildman–Crippen MR) is 80.5 cm³/mol. The zero-order valence-corrected chi connectivity index (χ0v) is 13.1. The SMILES string of the molecule is COC(=O)C(C)(N)CC(C)Sc1cc(C)ccc1C. The molecule has 0 bridgehead atoms. The Bertz CT molecular complexity index is 457. The fourth-order valence-corrected chi connectivity index (χ4v) is 3.38. The molecule has 0 saturated carbocycles. The summed E-state index contributed by atoms with van der Waals surface area (Å²) in [5.74, 6) is -0.360. The highest BCUT2D eigenvalue weighted by Crippen LogP contribution is 2.31. The van der Waals surface area contributed by atoms with Gasteiger partial charge in [0.25, 0.3) is 0 Å². The molecule has 0 heterocycles. The van der Waals surface area contributed by atoms with E-state index in [2.05, 4.69) is 39.0 Å². The summed E-state index contributed by atoms with van der Waals surface area (Å²) < 4.78 is 4.74. The van der Waals surface area contributed by atoms with Gasteiger partial charge in [-0.05, 0) is 38.8 Å². The van der Waals surface area contributed by atoms with E-state index >= 15 is 0 Å². The number of benzene rings is 1. The van der Waals surface area contributed by atoms with Crippen molar-refractivity contribution >= 4 is 17.7 Å². The van der Waals surface area contributed by atoms with Crippen molar-refractivity contribution < 1.29 is 9.53 Å². The predicted octanol–water partition coefficient (Wildman–Crippen LogP) is 3.06. The normalized spacial score (nSPS) is 15.7. The maximum atomic E-state index is 11.6. The molecule has 1 rings (SSSR count). The van der Waals surface area contributed by atoms with Gasteiger partial charge in [0.05, 0.1) is 7.11 Å². The van der Waals surface area contributed by atoms with Crippen LogP contribution in [0.2, 0.25) is 0 Å². The van der Waals surface area contributed by atoms with E-state index < -0.39 is 5.54 Å². The summed E-state index contributed by atoms with van der Waals surface area (Å²) in [4.78, 5) is 12.8. The first kappa shape index (κ1) is 16.1. The lowest BCUT2D eigenvalue weighted by Gasteiger charge is -2.25. The molecule has 3 nitrogen and oxygen atoms in total. The largest absolute Gasteiger partial charge is 0.468 e. The molecular formula is C15H23NO2S. The minimum absolute atomic E-state index is 0.245. The van der Waals surface area contributed by atoms with E-state index in [0.29, 0.717) is 6.42 Å². The number of thioether (sulfide) groups is 1. The Morgan fingerprint density at radius 1 is 1.47 bits per heavy atom. The smallest absolute Gasteiger partial charge is 0.325 e. The molecule has 0 saturated heterocycles. The van der Waals surface area contributed by atoms with Crippen LogP contribution in [-0.2, 0) is 9.53 Å². The Morgan fingerprint density at radius 3 is 2.68 bits per heavy atom. The van der Waals surface area contributed by atoms with E-state index in [1.165, 1.54) is 23.1 Å². The summed E-state index contributed by atoms with van der Waals surface area (Å²) >= 11 is 1.75. The number of rotatable bonds is 5. The lowest BCUT2D eigenvalue weighted by molar-refractivity contribution is -0.146. The number of esters is 1. The number of carbonyl (C=O) groups is 1. The molecule has 4 heteroatoms. The van der Waals surface area contributed by atoms with Gasteiger partial charge in [-0.1, -0.05) is 24.6 Å². The number of hydrogen-bond acceptors (Lipinski definition) is 4. The minimum atomic E-state index is -0.932. The summed E-state index contributed by atoms with van der Waals surface area (Å²) in [7, 11) is 1.37. The highest BCUT2D eigenvalue weighted by Gasteiger charge is 2.31. The standard InChI is InChI=1S/C15H23NO2S/c1-10-6-7-11(2)13(8-10)19-12(3)9-15(4,16)14(17)18-5/h6-8,12H,9,16H2,1-5H3. The van der Waals surface area contributed by atoms with Gasteiger partial charge in [0.2, 0.25) is 0 Å². The molecule has 0 fully saturated rings. The number of nitrogens with two attached hydrogens (primary N) is 1. The highest BCUT2D eigenvalue weighted by molar-refractivity contribution is 8.00. The third-order valence-electron chi connectivity index (χ3n) is 3.04. The number of ether oxygens (including phenoxy) is 1. The van der Waals surface area contributed by atoms with Crippen molar-refractivity contribution in [1.29, 1.82) is 0 Å². The summed E-state index contributed by atoms with van der Waals surface area (Å²) in [6, 6.07) is 6.39. The molecule has 106 valence electrons. The van der Waals surface area contributed by atoms with Crippen LogP contribution in [-0.4, -0.2) is 23.9 Å². The van der Waals surface area contributed by atoms with Gasteiger partial charge in [0.1, 0.15) is 5.54 Å². The maximum absolute atomic E-state index is 11.6. The Hall–Kier alpha value is -1.00. The molecule has 0 aliphatic rings. The van der Waals surface area contributed by atoms with Crippen molar-refractivity contribution in [1.82, 2.24) is 0 Å². The first-order chi connectivity index (χ1) is 8.76. The van der Waals surface area contributed by atoms with E-state index in [9.17, 15) is 4.79 Å². The fraction of sp³-hybridized carbons (Fsp3) is 0.533. The van der Waals surface area contributed by atoms with Crippen molar-refractivity contribution in [3.8, 4) is 0 Å². The van der Waals surface area contributed by atoms with E-state index in [-0.39, 0.29) is 11.2 Å². The molecule has 1 aromatic carbocycles. The molecule has 1 aromatic rings. The number of carbonyl (C=O) groups excluding carboxylic acids is 1. The second kappa shape index (κ2) is 6.44. The molecule has 2 atom stereocenters. The van der Waals surface area contributed by atoms with Crippen LogP contribution in [0.1, 0.15) is 31.4 Å². The van der Waals surface area contributed by atoms with Gasteiger partial charge >= 0.3 is 5.97 Å². The molecule has 0 spiro atoms. The number of aryl methyl sites for hydroxylation is 2. The van der Waals surface area contributed by atoms with E-state index in [4.69, 9.17) is 10.5 Å². The highest BCUT2D eigenvalue weighted by atomic mass is 32.2. The number of methoxy groups -OCH3 is 1. The van der Waals surface area contributed by atoms with Gasteiger partial charge in [0.15, 0.2) is 0 Å². The first-order valence-electron chi connectivity index (χ1n) is 6.37. The quantitative estimate of drug-likeness (QED) is 0.665. The van der Waals surface area contributed by atoms with Gasteiger partial charge in [0, 0.05) is 10.1 Å². The van der Waals surface area contributed by atoms with Crippen molar-refractivity contribution in [2.75, 3.05) is 7.11 Å².